The minimum atomic E-state index is -1.07. The molecule has 1 atom stereocenters. The molecule has 1 heterocycles. The van der Waals surface area contributed by atoms with E-state index < -0.39 is 18.7 Å². The molecule has 0 aliphatic carbocycles. The minimum absolute atomic E-state index is 0.251. The largest absolute Gasteiger partial charge is 0.481 e. The number of ether oxygens (including phenoxy) is 2. The minimum Gasteiger partial charge on any atom is -0.481 e. The number of nitrogens with one attached hydrogen (secondary N) is 2. The van der Waals surface area contributed by atoms with Crippen LogP contribution < -0.4 is 20.1 Å². The van der Waals surface area contributed by atoms with Gasteiger partial charge in [0, 0.05) is 11.3 Å². The van der Waals surface area contributed by atoms with E-state index in [1.165, 1.54) is 0 Å². The van der Waals surface area contributed by atoms with Gasteiger partial charge < -0.3 is 25.2 Å². The van der Waals surface area contributed by atoms with Crippen LogP contribution in [0.3, 0.4) is 0 Å². The second-order valence-corrected chi connectivity index (χ2v) is 6.54. The van der Waals surface area contributed by atoms with Gasteiger partial charge in [-0.15, -0.1) is 0 Å². The molecule has 8 nitrogen and oxygen atoms in total. The van der Waals surface area contributed by atoms with Crippen LogP contribution in [0, 0.1) is 13.8 Å². The van der Waals surface area contributed by atoms with Gasteiger partial charge in [-0.3, -0.25) is 9.59 Å². The van der Waals surface area contributed by atoms with Crippen molar-refractivity contribution in [3.05, 3.63) is 47.0 Å². The second-order valence-electron chi connectivity index (χ2n) is 6.54. The molecule has 0 aromatic heterocycles. The maximum atomic E-state index is 12.6. The average molecular weight is 384 g/mol. The molecule has 1 unspecified atom stereocenters. The van der Waals surface area contributed by atoms with Crippen molar-refractivity contribution in [2.24, 2.45) is 0 Å². The summed E-state index contributed by atoms with van der Waals surface area (Å²) in [6, 6.07) is 8.25. The Morgan fingerprint density at radius 3 is 2.54 bits per heavy atom. The Morgan fingerprint density at radius 2 is 1.89 bits per heavy atom. The van der Waals surface area contributed by atoms with Crippen molar-refractivity contribution in [1.82, 2.24) is 0 Å². The van der Waals surface area contributed by atoms with E-state index in [9.17, 15) is 14.4 Å². The molecule has 0 radical (unpaired) electrons. The van der Waals surface area contributed by atoms with E-state index in [0.717, 1.165) is 0 Å². The number of carboxylic acid groups (broad SMARTS) is 1. The molecule has 0 bridgehead atoms. The highest BCUT2D eigenvalue weighted by molar-refractivity contribution is 6.05. The Morgan fingerprint density at radius 1 is 1.21 bits per heavy atom. The Hall–Kier alpha value is -3.55. The molecule has 2 aromatic carbocycles. The van der Waals surface area contributed by atoms with Crippen LogP contribution in [0.5, 0.6) is 11.5 Å². The molecule has 146 valence electrons. The van der Waals surface area contributed by atoms with Crippen LogP contribution in [0.25, 0.3) is 0 Å². The smallest absolute Gasteiger partial charge is 0.341 e. The number of benzene rings is 2. The first kappa shape index (κ1) is 19.2. The highest BCUT2D eigenvalue weighted by atomic mass is 16.5. The first-order valence-electron chi connectivity index (χ1n) is 8.63. The van der Waals surface area contributed by atoms with Gasteiger partial charge in [0.05, 0.1) is 5.69 Å². The first-order valence-corrected chi connectivity index (χ1v) is 8.63. The highest BCUT2D eigenvalue weighted by Gasteiger charge is 2.23. The summed E-state index contributed by atoms with van der Waals surface area (Å²) in [4.78, 5) is 35.0. The van der Waals surface area contributed by atoms with Gasteiger partial charge in [-0.2, -0.15) is 0 Å². The fourth-order valence-corrected chi connectivity index (χ4v) is 2.93. The number of hydrogen-bond donors (Lipinski definition) is 3. The van der Waals surface area contributed by atoms with Gasteiger partial charge in [0.1, 0.15) is 11.5 Å². The van der Waals surface area contributed by atoms with Crippen molar-refractivity contribution >= 4 is 29.2 Å². The molecule has 0 saturated heterocycles. The molecule has 0 spiro atoms. The Bertz CT molecular complexity index is 946. The van der Waals surface area contributed by atoms with Gasteiger partial charge in [-0.1, -0.05) is 0 Å². The predicted octanol–water partition coefficient (Wildman–Crippen LogP) is 2.74. The third kappa shape index (κ3) is 4.06. The van der Waals surface area contributed by atoms with Crippen molar-refractivity contribution in [3.63, 3.8) is 0 Å². The molecule has 2 aromatic rings. The van der Waals surface area contributed by atoms with Crippen LogP contribution in [0.1, 0.15) is 28.4 Å². The van der Waals surface area contributed by atoms with Crippen LogP contribution in [0.15, 0.2) is 30.3 Å². The van der Waals surface area contributed by atoms with Gasteiger partial charge in [-0.05, 0) is 62.2 Å². The van der Waals surface area contributed by atoms with E-state index in [0.29, 0.717) is 39.6 Å². The standard InChI is InChI=1S/C20H20N2O6/c1-10-6-13(7-11(2)18(10)27-9-17(23)24)20(26)21-14-4-5-16-15(8-14)22-19(25)12(3)28-16/h4-8,12H,9H2,1-3H3,(H,21,26)(H,22,25)(H,23,24). The van der Waals surface area contributed by atoms with E-state index in [1.807, 2.05) is 0 Å². The first-order chi connectivity index (χ1) is 13.2. The number of aliphatic carboxylic acids is 1. The number of carbonyl (C=O) groups is 3. The normalized spacial score (nSPS) is 15.1. The van der Waals surface area contributed by atoms with E-state index in [1.54, 1.807) is 51.1 Å². The Labute approximate surface area is 161 Å². The number of carboxylic acids is 1. The monoisotopic (exact) mass is 384 g/mol. The molecule has 0 saturated carbocycles. The number of carbonyl (C=O) groups excluding carboxylic acids is 2. The van der Waals surface area contributed by atoms with E-state index in [-0.39, 0.29) is 11.8 Å². The quantitative estimate of drug-likeness (QED) is 0.730. The molecule has 0 fully saturated rings. The lowest BCUT2D eigenvalue weighted by Crippen LogP contribution is -2.34. The Kier molecular flexibility index (Phi) is 5.21. The summed E-state index contributed by atoms with van der Waals surface area (Å²) in [6.07, 6.45) is -0.569. The van der Waals surface area contributed by atoms with Gasteiger partial charge in [0.2, 0.25) is 0 Å². The summed E-state index contributed by atoms with van der Waals surface area (Å²) in [6.45, 7) is 4.69. The fourth-order valence-electron chi connectivity index (χ4n) is 2.93. The maximum absolute atomic E-state index is 12.6. The third-order valence-corrected chi connectivity index (χ3v) is 4.23. The maximum Gasteiger partial charge on any atom is 0.341 e. The number of fused-ring (bicyclic) bond motifs is 1. The topological polar surface area (TPSA) is 114 Å². The van der Waals surface area contributed by atoms with E-state index in [4.69, 9.17) is 14.6 Å². The van der Waals surface area contributed by atoms with E-state index >= 15 is 0 Å². The highest BCUT2D eigenvalue weighted by Crippen LogP contribution is 2.32. The second kappa shape index (κ2) is 7.59. The van der Waals surface area contributed by atoms with Crippen LogP contribution in [-0.4, -0.2) is 35.6 Å². The molecule has 3 N–H and O–H groups in total. The molecule has 2 amide bonds. The molecule has 28 heavy (non-hydrogen) atoms. The molecule has 8 heteroatoms. The van der Waals surface area contributed by atoms with Crippen molar-refractivity contribution in [3.8, 4) is 11.5 Å². The molecule has 3 rings (SSSR count). The lowest BCUT2D eigenvalue weighted by atomic mass is 10.0. The molecule has 1 aliphatic heterocycles. The van der Waals surface area contributed by atoms with Gasteiger partial charge in [-0.25, -0.2) is 4.79 Å². The number of rotatable bonds is 5. The van der Waals surface area contributed by atoms with Crippen molar-refractivity contribution in [2.75, 3.05) is 17.2 Å². The third-order valence-electron chi connectivity index (χ3n) is 4.23. The number of anilines is 2. The molecule has 1 aliphatic rings. The van der Waals surface area contributed by atoms with Gasteiger partial charge in [0.15, 0.2) is 12.7 Å². The predicted molar refractivity (Wildman–Crippen MR) is 102 cm³/mol. The summed E-state index contributed by atoms with van der Waals surface area (Å²) in [7, 11) is 0. The van der Waals surface area contributed by atoms with Crippen LogP contribution in [0.2, 0.25) is 0 Å². The molecular formula is C20H20N2O6. The van der Waals surface area contributed by atoms with Crippen LogP contribution in [-0.2, 0) is 9.59 Å². The lowest BCUT2D eigenvalue weighted by molar-refractivity contribution is -0.139. The number of hydrogen-bond acceptors (Lipinski definition) is 5. The zero-order valence-corrected chi connectivity index (χ0v) is 15.7. The average Bonchev–Trinajstić information content (AvgIpc) is 2.61. The summed E-state index contributed by atoms with van der Waals surface area (Å²) in [5, 5.41) is 14.3. The zero-order valence-electron chi connectivity index (χ0n) is 15.7. The van der Waals surface area contributed by atoms with Crippen molar-refractivity contribution in [2.45, 2.75) is 26.9 Å². The van der Waals surface area contributed by atoms with Crippen molar-refractivity contribution in [1.29, 1.82) is 0 Å². The summed E-state index contributed by atoms with van der Waals surface area (Å²) < 4.78 is 10.8. The Balaban J connectivity index is 1.77. The number of amides is 2. The van der Waals surface area contributed by atoms with E-state index in [2.05, 4.69) is 10.6 Å². The molecular weight excluding hydrogens is 364 g/mol. The SMILES string of the molecule is Cc1cc(C(=O)Nc2ccc3c(c2)NC(=O)C(C)O3)cc(C)c1OCC(=O)O. The fraction of sp³-hybridized carbons (Fsp3) is 0.250. The van der Waals surface area contributed by atoms with Crippen molar-refractivity contribution < 1.29 is 29.0 Å². The summed E-state index contributed by atoms with van der Waals surface area (Å²) >= 11 is 0. The van der Waals surface area contributed by atoms with Gasteiger partial charge in [0.25, 0.3) is 11.8 Å². The number of aryl methyl sites for hydroxylation is 2. The zero-order chi connectivity index (χ0) is 20.4. The summed E-state index contributed by atoms with van der Waals surface area (Å²) in [5.74, 6) is -0.677. The summed E-state index contributed by atoms with van der Waals surface area (Å²) in [5.41, 5.74) is 2.72. The van der Waals surface area contributed by atoms with Crippen LogP contribution >= 0.6 is 0 Å². The lowest BCUT2D eigenvalue weighted by Gasteiger charge is -2.23. The van der Waals surface area contributed by atoms with Gasteiger partial charge >= 0.3 is 5.97 Å². The van der Waals surface area contributed by atoms with Crippen LogP contribution in [0.4, 0.5) is 11.4 Å².